The molecule has 0 fully saturated rings. The molecule has 3 nitrogen and oxygen atoms in total. The van der Waals surface area contributed by atoms with Crippen molar-refractivity contribution >= 4 is 11.4 Å². The number of hydrogen-bond acceptors (Lipinski definition) is 3. The van der Waals surface area contributed by atoms with E-state index in [2.05, 4.69) is 5.32 Å². The van der Waals surface area contributed by atoms with Gasteiger partial charge in [-0.1, -0.05) is 24.3 Å². The second kappa shape index (κ2) is 5.37. The summed E-state index contributed by atoms with van der Waals surface area (Å²) in [7, 11) is 0. The molecule has 0 aliphatic heterocycles. The lowest BCUT2D eigenvalue weighted by atomic mass is 10.2. The molecule has 0 spiro atoms. The molecular formula is C14H17N3. The summed E-state index contributed by atoms with van der Waals surface area (Å²) in [5.74, 6) is 0. The van der Waals surface area contributed by atoms with Crippen molar-refractivity contribution in [3.8, 4) is 0 Å². The molecule has 0 saturated heterocycles. The van der Waals surface area contributed by atoms with Crippen molar-refractivity contribution in [1.29, 1.82) is 0 Å². The Morgan fingerprint density at radius 3 is 1.35 bits per heavy atom. The highest BCUT2D eigenvalue weighted by Crippen LogP contribution is 2.07. The lowest BCUT2D eigenvalue weighted by molar-refractivity contribution is 0.693. The third kappa shape index (κ3) is 3.50. The lowest BCUT2D eigenvalue weighted by Gasteiger charge is -2.05. The predicted molar refractivity (Wildman–Crippen MR) is 72.3 cm³/mol. The summed E-state index contributed by atoms with van der Waals surface area (Å²) >= 11 is 0. The number of nitrogen functional groups attached to an aromatic ring is 2. The summed E-state index contributed by atoms with van der Waals surface area (Å²) in [5, 5.41) is 3.38. The largest absolute Gasteiger partial charge is 0.399 e. The standard InChI is InChI=1S/C14H17N3/c15-13-5-1-11(2-6-13)9-17-10-12-3-7-14(16)8-4-12/h1-8,17H,9-10,15-16H2. The number of nitrogens with one attached hydrogen (secondary N) is 1. The molecule has 2 aromatic rings. The first-order valence-electron chi connectivity index (χ1n) is 5.63. The maximum Gasteiger partial charge on any atom is 0.0314 e. The predicted octanol–water partition coefficient (Wildman–Crippen LogP) is 2.14. The molecule has 88 valence electrons. The SMILES string of the molecule is Nc1ccc(CNCc2ccc(N)cc2)cc1. The molecule has 2 rings (SSSR count). The van der Waals surface area contributed by atoms with Crippen LogP contribution in [0.4, 0.5) is 11.4 Å². The fourth-order valence-electron chi connectivity index (χ4n) is 1.62. The minimum Gasteiger partial charge on any atom is -0.399 e. The molecule has 0 aliphatic rings. The number of nitrogens with two attached hydrogens (primary N) is 2. The molecule has 0 amide bonds. The molecule has 0 aliphatic carbocycles. The Morgan fingerprint density at radius 1 is 0.647 bits per heavy atom. The topological polar surface area (TPSA) is 64.1 Å². The van der Waals surface area contributed by atoms with Crippen LogP contribution < -0.4 is 16.8 Å². The van der Waals surface area contributed by atoms with Crippen molar-refractivity contribution in [3.63, 3.8) is 0 Å². The number of benzene rings is 2. The van der Waals surface area contributed by atoms with Gasteiger partial charge in [-0.05, 0) is 35.4 Å². The molecule has 0 heterocycles. The molecule has 0 radical (unpaired) electrons. The van der Waals surface area contributed by atoms with Gasteiger partial charge < -0.3 is 16.8 Å². The van der Waals surface area contributed by atoms with Crippen LogP contribution in [0.25, 0.3) is 0 Å². The molecule has 0 atom stereocenters. The second-order valence-corrected chi connectivity index (χ2v) is 4.09. The first kappa shape index (κ1) is 11.5. The normalized spacial score (nSPS) is 10.4. The van der Waals surface area contributed by atoms with Gasteiger partial charge in [0.15, 0.2) is 0 Å². The Bertz CT molecular complexity index is 414. The van der Waals surface area contributed by atoms with Crippen molar-refractivity contribution in [3.05, 3.63) is 59.7 Å². The van der Waals surface area contributed by atoms with Gasteiger partial charge in [-0.2, -0.15) is 0 Å². The van der Waals surface area contributed by atoms with Gasteiger partial charge in [-0.25, -0.2) is 0 Å². The first-order chi connectivity index (χ1) is 8.24. The zero-order valence-corrected chi connectivity index (χ0v) is 9.69. The van der Waals surface area contributed by atoms with Gasteiger partial charge in [0.1, 0.15) is 0 Å². The van der Waals surface area contributed by atoms with E-state index in [1.165, 1.54) is 11.1 Å². The summed E-state index contributed by atoms with van der Waals surface area (Å²) in [5.41, 5.74) is 15.3. The number of anilines is 2. The van der Waals surface area contributed by atoms with Crippen LogP contribution in [0.2, 0.25) is 0 Å². The van der Waals surface area contributed by atoms with Crippen LogP contribution >= 0.6 is 0 Å². The van der Waals surface area contributed by atoms with Crippen molar-refractivity contribution in [1.82, 2.24) is 5.32 Å². The molecule has 3 heteroatoms. The third-order valence-corrected chi connectivity index (χ3v) is 2.62. The Morgan fingerprint density at radius 2 is 1.00 bits per heavy atom. The van der Waals surface area contributed by atoms with Crippen molar-refractivity contribution < 1.29 is 0 Å². The maximum absolute atomic E-state index is 5.63. The summed E-state index contributed by atoms with van der Waals surface area (Å²) < 4.78 is 0. The van der Waals surface area contributed by atoms with E-state index in [1.807, 2.05) is 48.5 Å². The molecule has 0 aromatic heterocycles. The van der Waals surface area contributed by atoms with Crippen molar-refractivity contribution in [2.75, 3.05) is 11.5 Å². The van der Waals surface area contributed by atoms with Crippen molar-refractivity contribution in [2.45, 2.75) is 13.1 Å². The summed E-state index contributed by atoms with van der Waals surface area (Å²) in [6.07, 6.45) is 0. The van der Waals surface area contributed by atoms with Gasteiger partial charge in [-0.15, -0.1) is 0 Å². The highest BCUT2D eigenvalue weighted by atomic mass is 14.8. The highest BCUT2D eigenvalue weighted by Gasteiger charge is 1.94. The van der Waals surface area contributed by atoms with Gasteiger partial charge in [0.05, 0.1) is 0 Å². The molecule has 2 aromatic carbocycles. The van der Waals surface area contributed by atoms with Crippen molar-refractivity contribution in [2.24, 2.45) is 0 Å². The van der Waals surface area contributed by atoms with Crippen LogP contribution in [-0.4, -0.2) is 0 Å². The van der Waals surface area contributed by atoms with E-state index >= 15 is 0 Å². The average Bonchev–Trinajstić information content (AvgIpc) is 2.34. The zero-order valence-electron chi connectivity index (χ0n) is 9.69. The van der Waals surface area contributed by atoms with Gasteiger partial charge >= 0.3 is 0 Å². The number of hydrogen-bond donors (Lipinski definition) is 3. The van der Waals surface area contributed by atoms with Crippen LogP contribution in [0.15, 0.2) is 48.5 Å². The quantitative estimate of drug-likeness (QED) is 0.701. The van der Waals surface area contributed by atoms with Crippen LogP contribution in [0.5, 0.6) is 0 Å². The molecule has 17 heavy (non-hydrogen) atoms. The molecule has 5 N–H and O–H groups in total. The van der Waals surface area contributed by atoms with Gasteiger partial charge in [0.2, 0.25) is 0 Å². The Hall–Kier alpha value is -2.00. The van der Waals surface area contributed by atoms with E-state index in [-0.39, 0.29) is 0 Å². The van der Waals surface area contributed by atoms with E-state index in [9.17, 15) is 0 Å². The van der Waals surface area contributed by atoms with Crippen LogP contribution in [0.3, 0.4) is 0 Å². The van der Waals surface area contributed by atoms with E-state index in [0.717, 1.165) is 24.5 Å². The molecular weight excluding hydrogens is 210 g/mol. The van der Waals surface area contributed by atoms with Gasteiger partial charge in [0, 0.05) is 24.5 Å². The third-order valence-electron chi connectivity index (χ3n) is 2.62. The van der Waals surface area contributed by atoms with E-state index in [1.54, 1.807) is 0 Å². The second-order valence-electron chi connectivity index (χ2n) is 4.09. The average molecular weight is 227 g/mol. The minimum absolute atomic E-state index is 0.798. The smallest absolute Gasteiger partial charge is 0.0314 e. The monoisotopic (exact) mass is 227 g/mol. The van der Waals surface area contributed by atoms with Gasteiger partial charge in [-0.3, -0.25) is 0 Å². The minimum atomic E-state index is 0.798. The summed E-state index contributed by atoms with van der Waals surface area (Å²) in [6, 6.07) is 15.8. The van der Waals surface area contributed by atoms with Crippen LogP contribution in [0.1, 0.15) is 11.1 Å². The Balaban J connectivity index is 1.83. The molecule has 0 bridgehead atoms. The van der Waals surface area contributed by atoms with E-state index < -0.39 is 0 Å². The Labute approximate surface area is 101 Å². The van der Waals surface area contributed by atoms with E-state index in [0.29, 0.717) is 0 Å². The fourth-order valence-corrected chi connectivity index (χ4v) is 1.62. The maximum atomic E-state index is 5.63. The summed E-state index contributed by atoms with van der Waals surface area (Å²) in [6.45, 7) is 1.68. The molecule has 0 unspecified atom stereocenters. The Kier molecular flexibility index (Phi) is 3.62. The van der Waals surface area contributed by atoms with E-state index in [4.69, 9.17) is 11.5 Å². The van der Waals surface area contributed by atoms with Crippen LogP contribution in [-0.2, 0) is 13.1 Å². The lowest BCUT2D eigenvalue weighted by Crippen LogP contribution is -2.12. The fraction of sp³-hybridized carbons (Fsp3) is 0.143. The highest BCUT2D eigenvalue weighted by molar-refractivity contribution is 5.40. The zero-order chi connectivity index (χ0) is 12.1. The van der Waals surface area contributed by atoms with Gasteiger partial charge in [0.25, 0.3) is 0 Å². The van der Waals surface area contributed by atoms with Crippen LogP contribution in [0, 0.1) is 0 Å². The number of rotatable bonds is 4. The summed E-state index contributed by atoms with van der Waals surface area (Å²) in [4.78, 5) is 0. The molecule has 0 saturated carbocycles. The first-order valence-corrected chi connectivity index (χ1v) is 5.63.